The number of hydrogen-bond donors (Lipinski definition) is 1. The third-order valence-corrected chi connectivity index (χ3v) is 7.77. The average molecular weight is 473 g/mol. The number of nitrogen functional groups attached to an aromatic ring is 1. The van der Waals surface area contributed by atoms with Crippen LogP contribution in [0, 0.1) is 12.7 Å². The lowest BCUT2D eigenvalue weighted by Gasteiger charge is -2.28. The SMILES string of the molecule is Cc1c(F)cccc1Cc1c(CN2CCS(=O)CC2)nc2c(N)cc(N3CCOCC3)nn12. The molecule has 8 nitrogen and oxygen atoms in total. The average Bonchev–Trinajstić information content (AvgIpc) is 3.16. The Morgan fingerprint density at radius 1 is 1.18 bits per heavy atom. The maximum absolute atomic E-state index is 14.3. The Morgan fingerprint density at radius 3 is 2.70 bits per heavy atom. The Bertz CT molecular complexity index is 1180. The van der Waals surface area contributed by atoms with Gasteiger partial charge in [0.2, 0.25) is 0 Å². The molecule has 3 aromatic rings. The predicted molar refractivity (Wildman–Crippen MR) is 128 cm³/mol. The number of morpholine rings is 1. The summed E-state index contributed by atoms with van der Waals surface area (Å²) >= 11 is 0. The number of ether oxygens (including phenoxy) is 1. The highest BCUT2D eigenvalue weighted by molar-refractivity contribution is 7.85. The molecule has 5 rings (SSSR count). The highest BCUT2D eigenvalue weighted by atomic mass is 32.2. The van der Waals surface area contributed by atoms with Crippen LogP contribution in [0.5, 0.6) is 0 Å². The summed E-state index contributed by atoms with van der Waals surface area (Å²) in [6.45, 7) is 6.76. The van der Waals surface area contributed by atoms with Crippen LogP contribution in [0.25, 0.3) is 5.65 Å². The number of imidazole rings is 1. The Hall–Kier alpha value is -2.56. The smallest absolute Gasteiger partial charge is 0.177 e. The maximum atomic E-state index is 14.3. The molecule has 2 aliphatic heterocycles. The molecule has 2 N–H and O–H groups in total. The fourth-order valence-electron chi connectivity index (χ4n) is 4.44. The molecule has 2 saturated heterocycles. The van der Waals surface area contributed by atoms with Gasteiger partial charge in [0.15, 0.2) is 11.5 Å². The summed E-state index contributed by atoms with van der Waals surface area (Å²) in [5.41, 5.74) is 10.9. The lowest BCUT2D eigenvalue weighted by molar-refractivity contribution is 0.122. The van der Waals surface area contributed by atoms with E-state index >= 15 is 0 Å². The third kappa shape index (κ3) is 4.60. The van der Waals surface area contributed by atoms with E-state index in [0.717, 1.165) is 48.9 Å². The zero-order valence-electron chi connectivity index (χ0n) is 18.8. The minimum Gasteiger partial charge on any atom is -0.396 e. The molecule has 0 atom stereocenters. The molecule has 0 bridgehead atoms. The zero-order valence-corrected chi connectivity index (χ0v) is 19.6. The van der Waals surface area contributed by atoms with E-state index in [0.29, 0.717) is 54.6 Å². The van der Waals surface area contributed by atoms with Crippen LogP contribution >= 0.6 is 0 Å². The molecule has 10 heteroatoms. The zero-order chi connectivity index (χ0) is 22.9. The van der Waals surface area contributed by atoms with Crippen LogP contribution in [0.15, 0.2) is 24.3 Å². The highest BCUT2D eigenvalue weighted by Gasteiger charge is 2.23. The predicted octanol–water partition coefficient (Wildman–Crippen LogP) is 1.75. The number of fused-ring (bicyclic) bond motifs is 1. The second kappa shape index (κ2) is 9.36. The number of hydrogen-bond acceptors (Lipinski definition) is 7. The van der Waals surface area contributed by atoms with E-state index in [1.54, 1.807) is 13.0 Å². The lowest BCUT2D eigenvalue weighted by Crippen LogP contribution is -2.37. The van der Waals surface area contributed by atoms with Crippen LogP contribution in [0.1, 0.15) is 22.5 Å². The number of anilines is 2. The van der Waals surface area contributed by atoms with E-state index < -0.39 is 10.8 Å². The Kier molecular flexibility index (Phi) is 6.31. The largest absolute Gasteiger partial charge is 0.396 e. The molecule has 2 aromatic heterocycles. The highest BCUT2D eigenvalue weighted by Crippen LogP contribution is 2.26. The van der Waals surface area contributed by atoms with Crippen molar-refractivity contribution >= 4 is 28.0 Å². The fraction of sp³-hybridized carbons (Fsp3) is 0.478. The van der Waals surface area contributed by atoms with Gasteiger partial charge in [-0.1, -0.05) is 12.1 Å². The molecule has 0 unspecified atom stereocenters. The van der Waals surface area contributed by atoms with Crippen LogP contribution in [-0.2, 0) is 28.5 Å². The quantitative estimate of drug-likeness (QED) is 0.605. The van der Waals surface area contributed by atoms with Gasteiger partial charge in [0.1, 0.15) is 5.82 Å². The summed E-state index contributed by atoms with van der Waals surface area (Å²) in [6, 6.07) is 7.04. The van der Waals surface area contributed by atoms with E-state index in [1.807, 2.05) is 16.6 Å². The van der Waals surface area contributed by atoms with E-state index in [4.69, 9.17) is 20.6 Å². The maximum Gasteiger partial charge on any atom is 0.177 e. The van der Waals surface area contributed by atoms with Crippen molar-refractivity contribution in [1.29, 1.82) is 0 Å². The van der Waals surface area contributed by atoms with Gasteiger partial charge in [-0.2, -0.15) is 0 Å². The summed E-state index contributed by atoms with van der Waals surface area (Å²) in [6.07, 6.45) is 0.499. The molecule has 0 aliphatic carbocycles. The molecular formula is C23H29FN6O2S. The van der Waals surface area contributed by atoms with E-state index in [1.165, 1.54) is 6.07 Å². The molecule has 2 fully saturated rings. The van der Waals surface area contributed by atoms with Crippen LogP contribution in [0.2, 0.25) is 0 Å². The van der Waals surface area contributed by atoms with Crippen molar-refractivity contribution in [3.63, 3.8) is 0 Å². The van der Waals surface area contributed by atoms with Crippen LogP contribution in [-0.4, -0.2) is 74.6 Å². The van der Waals surface area contributed by atoms with Gasteiger partial charge in [0.05, 0.1) is 30.3 Å². The number of nitrogens with two attached hydrogens (primary N) is 1. The van der Waals surface area contributed by atoms with Crippen LogP contribution < -0.4 is 10.6 Å². The minimum absolute atomic E-state index is 0.220. The topological polar surface area (TPSA) is 89.0 Å². The molecule has 2 aliphatic rings. The van der Waals surface area contributed by atoms with Gasteiger partial charge in [-0.05, 0) is 24.1 Å². The Labute approximate surface area is 195 Å². The first-order valence-corrected chi connectivity index (χ1v) is 12.8. The first kappa shape index (κ1) is 22.2. The summed E-state index contributed by atoms with van der Waals surface area (Å²) in [7, 11) is -0.743. The normalized spacial score (nSPS) is 18.3. The van der Waals surface area contributed by atoms with Gasteiger partial charge in [0.25, 0.3) is 0 Å². The minimum atomic E-state index is -0.743. The Balaban J connectivity index is 1.58. The van der Waals surface area contributed by atoms with E-state index in [9.17, 15) is 8.60 Å². The van der Waals surface area contributed by atoms with E-state index in [2.05, 4.69) is 9.80 Å². The number of aromatic nitrogens is 3. The molecule has 4 heterocycles. The molecule has 1 aromatic carbocycles. The number of halogens is 1. The molecule has 33 heavy (non-hydrogen) atoms. The second-order valence-electron chi connectivity index (χ2n) is 8.62. The lowest BCUT2D eigenvalue weighted by atomic mass is 10.0. The van der Waals surface area contributed by atoms with Crippen molar-refractivity contribution in [2.75, 3.05) is 61.5 Å². The Morgan fingerprint density at radius 2 is 1.94 bits per heavy atom. The molecule has 0 spiro atoms. The molecule has 0 radical (unpaired) electrons. The summed E-state index contributed by atoms with van der Waals surface area (Å²) in [5.74, 6) is 1.92. The third-order valence-electron chi connectivity index (χ3n) is 6.49. The van der Waals surface area contributed by atoms with Crippen molar-refractivity contribution in [3.8, 4) is 0 Å². The number of nitrogens with zero attached hydrogens (tertiary/aromatic N) is 5. The molecule has 0 saturated carbocycles. The van der Waals surface area contributed by atoms with Gasteiger partial charge in [-0.15, -0.1) is 5.10 Å². The van der Waals surface area contributed by atoms with Crippen molar-refractivity contribution < 1.29 is 13.3 Å². The van der Waals surface area contributed by atoms with Crippen molar-refractivity contribution in [3.05, 3.63) is 52.6 Å². The fourth-order valence-corrected chi connectivity index (χ4v) is 5.57. The monoisotopic (exact) mass is 472 g/mol. The van der Waals surface area contributed by atoms with Crippen molar-refractivity contribution in [2.24, 2.45) is 0 Å². The van der Waals surface area contributed by atoms with Gasteiger partial charge in [-0.3, -0.25) is 9.11 Å². The molecule has 0 amide bonds. The molecule has 176 valence electrons. The van der Waals surface area contributed by atoms with Gasteiger partial charge >= 0.3 is 0 Å². The van der Waals surface area contributed by atoms with Gasteiger partial charge in [0, 0.05) is 67.5 Å². The van der Waals surface area contributed by atoms with Crippen molar-refractivity contribution in [1.82, 2.24) is 19.5 Å². The summed E-state index contributed by atoms with van der Waals surface area (Å²) in [5, 5.41) is 4.92. The number of rotatable bonds is 5. The first-order valence-electron chi connectivity index (χ1n) is 11.3. The van der Waals surface area contributed by atoms with Crippen LogP contribution in [0.4, 0.5) is 15.9 Å². The summed E-state index contributed by atoms with van der Waals surface area (Å²) < 4.78 is 33.4. The number of benzene rings is 1. The van der Waals surface area contributed by atoms with Gasteiger partial charge in [-0.25, -0.2) is 13.9 Å². The second-order valence-corrected chi connectivity index (χ2v) is 10.3. The summed E-state index contributed by atoms with van der Waals surface area (Å²) in [4.78, 5) is 9.31. The van der Waals surface area contributed by atoms with Crippen molar-refractivity contribution in [2.45, 2.75) is 19.9 Å². The van der Waals surface area contributed by atoms with Crippen LogP contribution in [0.3, 0.4) is 0 Å². The standard InChI is InChI=1S/C23H29FN6O2S/c1-16-17(3-2-4-18(16)24)13-21-20(15-28-7-11-33(31)12-8-28)26-23-19(25)14-22(27-30(21)23)29-5-9-32-10-6-29/h2-4,14H,5-13,15,25H2,1H3. The van der Waals surface area contributed by atoms with E-state index in [-0.39, 0.29) is 5.82 Å². The first-order chi connectivity index (χ1) is 16.0. The van der Waals surface area contributed by atoms with Gasteiger partial charge < -0.3 is 15.4 Å². The molecular weight excluding hydrogens is 443 g/mol.